The van der Waals surface area contributed by atoms with Crippen molar-refractivity contribution in [3.8, 4) is 0 Å². The van der Waals surface area contributed by atoms with E-state index in [2.05, 4.69) is 29.1 Å². The molecule has 5 nitrogen and oxygen atoms in total. The molecule has 1 aromatic heterocycles. The van der Waals surface area contributed by atoms with E-state index in [-0.39, 0.29) is 11.0 Å². The number of nitrogens with one attached hydrogen (secondary N) is 1. The van der Waals surface area contributed by atoms with Gasteiger partial charge < -0.3 is 15.8 Å². The normalized spacial score (nSPS) is 12.5. The first-order chi connectivity index (χ1) is 8.43. The van der Waals surface area contributed by atoms with Crippen molar-refractivity contribution in [1.82, 2.24) is 9.97 Å². The monoisotopic (exact) mass is 268 g/mol. The van der Waals surface area contributed by atoms with Crippen LogP contribution in [0.3, 0.4) is 0 Å². The van der Waals surface area contributed by atoms with Crippen molar-refractivity contribution in [2.24, 2.45) is 11.7 Å². The van der Waals surface area contributed by atoms with Crippen molar-refractivity contribution in [3.05, 3.63) is 17.5 Å². The molecular weight excluding hydrogens is 248 g/mol. The van der Waals surface area contributed by atoms with Gasteiger partial charge in [-0.25, -0.2) is 9.97 Å². The molecule has 0 radical (unpaired) electrons. The van der Waals surface area contributed by atoms with Crippen LogP contribution in [0.1, 0.15) is 25.2 Å². The zero-order valence-corrected chi connectivity index (χ0v) is 12.0. The van der Waals surface area contributed by atoms with E-state index in [1.54, 1.807) is 13.2 Å². The van der Waals surface area contributed by atoms with Gasteiger partial charge in [0, 0.05) is 12.8 Å². The molecule has 0 saturated carbocycles. The summed E-state index contributed by atoms with van der Waals surface area (Å²) in [4.78, 5) is 8.90. The maximum Gasteiger partial charge on any atom is 0.223 e. The Hall–Kier alpha value is -1.27. The molecule has 0 aliphatic heterocycles. The standard InChI is InChI=1S/C12H20N4OS/c1-7(2)10(6-17-4)16-12-14-8(3)5-9(15-12)11(13)18/h5,7,10H,6H2,1-4H3,(H2,13,18)(H,14,15,16). The van der Waals surface area contributed by atoms with Crippen LogP contribution in [-0.2, 0) is 4.74 Å². The first kappa shape index (κ1) is 14.8. The van der Waals surface area contributed by atoms with Gasteiger partial charge >= 0.3 is 0 Å². The lowest BCUT2D eigenvalue weighted by atomic mass is 10.1. The molecule has 0 saturated heterocycles. The van der Waals surface area contributed by atoms with Crippen LogP contribution in [0, 0.1) is 12.8 Å². The maximum atomic E-state index is 5.59. The van der Waals surface area contributed by atoms with E-state index >= 15 is 0 Å². The van der Waals surface area contributed by atoms with Crippen molar-refractivity contribution < 1.29 is 4.74 Å². The lowest BCUT2D eigenvalue weighted by Gasteiger charge is -2.21. The minimum absolute atomic E-state index is 0.149. The van der Waals surface area contributed by atoms with Gasteiger partial charge in [0.25, 0.3) is 0 Å². The average Bonchev–Trinajstić information content (AvgIpc) is 2.27. The highest BCUT2D eigenvalue weighted by Crippen LogP contribution is 2.11. The van der Waals surface area contributed by atoms with E-state index in [0.717, 1.165) is 5.69 Å². The number of thiocarbonyl (C=S) groups is 1. The summed E-state index contributed by atoms with van der Waals surface area (Å²) in [5, 5.41) is 3.25. The maximum absolute atomic E-state index is 5.59. The van der Waals surface area contributed by atoms with E-state index in [0.29, 0.717) is 24.2 Å². The highest BCUT2D eigenvalue weighted by atomic mass is 32.1. The summed E-state index contributed by atoms with van der Waals surface area (Å²) < 4.78 is 5.18. The lowest BCUT2D eigenvalue weighted by Crippen LogP contribution is -2.31. The van der Waals surface area contributed by atoms with Crippen molar-refractivity contribution in [1.29, 1.82) is 0 Å². The van der Waals surface area contributed by atoms with Gasteiger partial charge in [-0.15, -0.1) is 0 Å². The second kappa shape index (κ2) is 6.61. The van der Waals surface area contributed by atoms with Gasteiger partial charge in [-0.05, 0) is 18.9 Å². The van der Waals surface area contributed by atoms with E-state index < -0.39 is 0 Å². The third-order valence-electron chi connectivity index (χ3n) is 2.57. The smallest absolute Gasteiger partial charge is 0.223 e. The molecular formula is C12H20N4OS. The minimum Gasteiger partial charge on any atom is -0.388 e. The highest BCUT2D eigenvalue weighted by molar-refractivity contribution is 7.80. The van der Waals surface area contributed by atoms with Gasteiger partial charge in [0.2, 0.25) is 5.95 Å². The van der Waals surface area contributed by atoms with Gasteiger partial charge in [-0.1, -0.05) is 26.1 Å². The molecule has 0 spiro atoms. The number of aromatic nitrogens is 2. The van der Waals surface area contributed by atoms with Crippen LogP contribution in [0.2, 0.25) is 0 Å². The van der Waals surface area contributed by atoms with Gasteiger partial charge in [0.05, 0.1) is 12.6 Å². The van der Waals surface area contributed by atoms with Crippen LogP contribution in [-0.4, -0.2) is 34.7 Å². The Balaban J connectivity index is 2.91. The first-order valence-corrected chi connectivity index (χ1v) is 6.25. The van der Waals surface area contributed by atoms with Gasteiger partial charge in [0.1, 0.15) is 10.7 Å². The third-order valence-corrected chi connectivity index (χ3v) is 2.78. The van der Waals surface area contributed by atoms with Crippen molar-refractivity contribution >= 4 is 23.2 Å². The molecule has 18 heavy (non-hydrogen) atoms. The molecule has 1 aromatic rings. The second-order valence-electron chi connectivity index (χ2n) is 4.53. The first-order valence-electron chi connectivity index (χ1n) is 5.85. The fourth-order valence-electron chi connectivity index (χ4n) is 1.51. The quantitative estimate of drug-likeness (QED) is 0.762. The van der Waals surface area contributed by atoms with Crippen LogP contribution < -0.4 is 11.1 Å². The number of nitrogens with zero attached hydrogens (tertiary/aromatic N) is 2. The summed E-state index contributed by atoms with van der Waals surface area (Å²) in [6, 6.07) is 1.92. The van der Waals surface area contributed by atoms with Gasteiger partial charge in [0.15, 0.2) is 0 Å². The molecule has 3 N–H and O–H groups in total. The summed E-state index contributed by atoms with van der Waals surface area (Å²) >= 11 is 4.93. The largest absolute Gasteiger partial charge is 0.388 e. The summed E-state index contributed by atoms with van der Waals surface area (Å²) in [6.45, 7) is 6.70. The Bertz CT molecular complexity index is 423. The van der Waals surface area contributed by atoms with Crippen LogP contribution in [0.15, 0.2) is 6.07 Å². The van der Waals surface area contributed by atoms with E-state index in [1.807, 2.05) is 6.92 Å². The molecule has 100 valence electrons. The summed E-state index contributed by atoms with van der Waals surface area (Å²) in [5.74, 6) is 0.941. The average molecular weight is 268 g/mol. The predicted octanol–water partition coefficient (Wildman–Crippen LogP) is 1.50. The molecule has 1 heterocycles. The molecule has 1 atom stereocenters. The number of hydrogen-bond donors (Lipinski definition) is 2. The SMILES string of the molecule is COCC(Nc1nc(C)cc(C(N)=S)n1)C(C)C. The second-order valence-corrected chi connectivity index (χ2v) is 4.97. The Morgan fingerprint density at radius 3 is 2.67 bits per heavy atom. The van der Waals surface area contributed by atoms with Crippen molar-refractivity contribution in [3.63, 3.8) is 0 Å². The molecule has 1 unspecified atom stereocenters. The Kier molecular flexibility index (Phi) is 5.43. The molecule has 0 fully saturated rings. The highest BCUT2D eigenvalue weighted by Gasteiger charge is 2.15. The molecule has 0 bridgehead atoms. The molecule has 0 aliphatic carbocycles. The van der Waals surface area contributed by atoms with Gasteiger partial charge in [-0.2, -0.15) is 0 Å². The molecule has 0 amide bonds. The number of methoxy groups -OCH3 is 1. The van der Waals surface area contributed by atoms with Crippen LogP contribution in [0.4, 0.5) is 5.95 Å². The topological polar surface area (TPSA) is 73.1 Å². The zero-order chi connectivity index (χ0) is 13.7. The van der Waals surface area contributed by atoms with Gasteiger partial charge in [-0.3, -0.25) is 0 Å². The Labute approximate surface area is 113 Å². The Morgan fingerprint density at radius 2 is 2.17 bits per heavy atom. The molecule has 0 aliphatic rings. The minimum atomic E-state index is 0.149. The number of rotatable bonds is 6. The number of hydrogen-bond acceptors (Lipinski definition) is 5. The predicted molar refractivity (Wildman–Crippen MR) is 76.8 cm³/mol. The van der Waals surface area contributed by atoms with Crippen molar-refractivity contribution in [2.45, 2.75) is 26.8 Å². The number of anilines is 1. The van der Waals surface area contributed by atoms with Crippen molar-refractivity contribution in [2.75, 3.05) is 19.0 Å². The van der Waals surface area contributed by atoms with Crippen LogP contribution >= 0.6 is 12.2 Å². The summed E-state index contributed by atoms with van der Waals surface area (Å²) in [5.41, 5.74) is 7.00. The molecule has 1 rings (SSSR count). The molecule has 0 aromatic carbocycles. The van der Waals surface area contributed by atoms with Crippen LogP contribution in [0.5, 0.6) is 0 Å². The fraction of sp³-hybridized carbons (Fsp3) is 0.583. The number of ether oxygens (including phenoxy) is 1. The molecule has 6 heteroatoms. The van der Waals surface area contributed by atoms with E-state index in [4.69, 9.17) is 22.7 Å². The Morgan fingerprint density at radius 1 is 1.50 bits per heavy atom. The zero-order valence-electron chi connectivity index (χ0n) is 11.2. The number of nitrogens with two attached hydrogens (primary N) is 1. The lowest BCUT2D eigenvalue weighted by molar-refractivity contribution is 0.171. The van der Waals surface area contributed by atoms with E-state index in [1.165, 1.54) is 0 Å². The number of aryl methyl sites for hydroxylation is 1. The van der Waals surface area contributed by atoms with E-state index in [9.17, 15) is 0 Å². The van der Waals surface area contributed by atoms with Crippen LogP contribution in [0.25, 0.3) is 0 Å². The fourth-order valence-corrected chi connectivity index (χ4v) is 1.61. The summed E-state index contributed by atoms with van der Waals surface area (Å²) in [6.07, 6.45) is 0. The third kappa shape index (κ3) is 4.19. The summed E-state index contributed by atoms with van der Waals surface area (Å²) in [7, 11) is 1.68.